The van der Waals surface area contributed by atoms with Crippen molar-refractivity contribution in [3.8, 4) is 0 Å². The molecule has 0 bridgehead atoms. The summed E-state index contributed by atoms with van der Waals surface area (Å²) in [6.45, 7) is 6.04. The quantitative estimate of drug-likeness (QED) is 0.781. The van der Waals surface area contributed by atoms with Gasteiger partial charge in [-0.05, 0) is 73.7 Å². The highest BCUT2D eigenvalue weighted by Gasteiger charge is 2.43. The Labute approximate surface area is 166 Å². The summed E-state index contributed by atoms with van der Waals surface area (Å²) < 4.78 is 28.6. The molecule has 146 valence electrons. The van der Waals surface area contributed by atoms with Crippen LogP contribution in [0.3, 0.4) is 0 Å². The third-order valence-corrected chi connectivity index (χ3v) is 9.38. The summed E-state index contributed by atoms with van der Waals surface area (Å²) in [4.78, 5) is 6.91. The molecular weight excluding hydrogens is 378 g/mol. The number of aromatic nitrogens is 1. The number of hydrogen-bond donors (Lipinski definition) is 0. The number of pyridine rings is 1. The number of thiophene rings is 1. The van der Waals surface area contributed by atoms with Gasteiger partial charge in [0.1, 0.15) is 4.21 Å². The SMILES string of the molecule is Cc1ccsc1S(=O)(=O)N1CCCC2(CCCN(Cc3ccccn3)C2)C1. The van der Waals surface area contributed by atoms with Gasteiger partial charge in [0.2, 0.25) is 0 Å². The minimum Gasteiger partial charge on any atom is -0.297 e. The predicted molar refractivity (Wildman–Crippen MR) is 108 cm³/mol. The van der Waals surface area contributed by atoms with Crippen molar-refractivity contribution in [3.05, 3.63) is 47.1 Å². The predicted octanol–water partition coefficient (Wildman–Crippen LogP) is 3.52. The Bertz CT molecular complexity index is 878. The number of likely N-dealkylation sites (tertiary alicyclic amines) is 1. The Hall–Kier alpha value is -1.28. The lowest BCUT2D eigenvalue weighted by Gasteiger charge is -2.48. The van der Waals surface area contributed by atoms with Gasteiger partial charge in [-0.15, -0.1) is 11.3 Å². The van der Waals surface area contributed by atoms with Crippen molar-refractivity contribution >= 4 is 21.4 Å². The van der Waals surface area contributed by atoms with Crippen molar-refractivity contribution in [1.29, 1.82) is 0 Å². The third kappa shape index (κ3) is 3.97. The highest BCUT2D eigenvalue weighted by molar-refractivity contribution is 7.91. The minimum atomic E-state index is -3.38. The van der Waals surface area contributed by atoms with Crippen LogP contribution in [-0.2, 0) is 16.6 Å². The van der Waals surface area contributed by atoms with E-state index in [1.54, 1.807) is 4.31 Å². The van der Waals surface area contributed by atoms with Gasteiger partial charge < -0.3 is 0 Å². The van der Waals surface area contributed by atoms with Crippen LogP contribution in [0.1, 0.15) is 36.9 Å². The van der Waals surface area contributed by atoms with E-state index in [0.717, 1.165) is 56.6 Å². The number of rotatable bonds is 4. The normalized spacial score (nSPS) is 25.1. The largest absolute Gasteiger partial charge is 0.297 e. The van der Waals surface area contributed by atoms with Gasteiger partial charge in [-0.2, -0.15) is 4.31 Å². The summed E-state index contributed by atoms with van der Waals surface area (Å²) in [5.41, 5.74) is 2.02. The second-order valence-electron chi connectivity index (χ2n) is 7.97. The average Bonchev–Trinajstić information content (AvgIpc) is 3.09. The monoisotopic (exact) mass is 405 g/mol. The highest BCUT2D eigenvalue weighted by atomic mass is 32.2. The van der Waals surface area contributed by atoms with Crippen LogP contribution in [0, 0.1) is 12.3 Å². The van der Waals surface area contributed by atoms with Gasteiger partial charge in [0.25, 0.3) is 10.0 Å². The van der Waals surface area contributed by atoms with E-state index in [1.165, 1.54) is 11.3 Å². The molecule has 0 amide bonds. The lowest BCUT2D eigenvalue weighted by molar-refractivity contribution is 0.0357. The first kappa shape index (κ1) is 19.1. The van der Waals surface area contributed by atoms with Crippen LogP contribution in [0.4, 0.5) is 0 Å². The van der Waals surface area contributed by atoms with Gasteiger partial charge in [-0.3, -0.25) is 9.88 Å². The molecule has 2 aliphatic rings. The molecule has 0 aromatic carbocycles. The summed E-state index contributed by atoms with van der Waals surface area (Å²) in [7, 11) is -3.38. The molecule has 4 rings (SSSR count). The fourth-order valence-electron chi connectivity index (χ4n) is 4.61. The molecule has 2 aromatic rings. The van der Waals surface area contributed by atoms with Crippen LogP contribution < -0.4 is 0 Å². The van der Waals surface area contributed by atoms with E-state index in [9.17, 15) is 8.42 Å². The first-order valence-corrected chi connectivity index (χ1v) is 12.0. The van der Waals surface area contributed by atoms with Crippen LogP contribution in [0.25, 0.3) is 0 Å². The summed E-state index contributed by atoms with van der Waals surface area (Å²) in [5, 5.41) is 1.87. The smallest absolute Gasteiger partial charge is 0.252 e. The summed E-state index contributed by atoms with van der Waals surface area (Å²) >= 11 is 1.34. The molecule has 0 aliphatic carbocycles. The Kier molecular flexibility index (Phi) is 5.38. The zero-order valence-corrected chi connectivity index (χ0v) is 17.4. The molecule has 1 atom stereocenters. The second kappa shape index (κ2) is 7.62. The molecule has 2 aromatic heterocycles. The number of sulfonamides is 1. The maximum Gasteiger partial charge on any atom is 0.252 e. The molecule has 0 saturated carbocycles. The number of nitrogens with zero attached hydrogens (tertiary/aromatic N) is 3. The van der Waals surface area contributed by atoms with Gasteiger partial charge in [0.15, 0.2) is 0 Å². The average molecular weight is 406 g/mol. The number of hydrogen-bond acceptors (Lipinski definition) is 5. The third-order valence-electron chi connectivity index (χ3n) is 5.87. The van der Waals surface area contributed by atoms with Crippen LogP contribution in [-0.4, -0.2) is 48.8 Å². The number of aryl methyl sites for hydroxylation is 1. The summed E-state index contributed by atoms with van der Waals surface area (Å²) in [5.74, 6) is 0. The molecule has 0 radical (unpaired) electrons. The van der Waals surface area contributed by atoms with Crippen molar-refractivity contribution in [2.75, 3.05) is 26.2 Å². The molecule has 1 unspecified atom stereocenters. The maximum atomic E-state index is 13.2. The fraction of sp³-hybridized carbons (Fsp3) is 0.550. The van der Waals surface area contributed by atoms with Gasteiger partial charge in [0, 0.05) is 32.4 Å². The maximum absolute atomic E-state index is 13.2. The Balaban J connectivity index is 1.50. The van der Waals surface area contributed by atoms with Crippen molar-refractivity contribution in [2.45, 2.75) is 43.4 Å². The first-order valence-electron chi connectivity index (χ1n) is 9.65. The second-order valence-corrected chi connectivity index (χ2v) is 11.0. The highest BCUT2D eigenvalue weighted by Crippen LogP contribution is 2.41. The Morgan fingerprint density at radius 3 is 2.67 bits per heavy atom. The molecule has 2 aliphatic heterocycles. The molecular formula is C20H27N3O2S2. The van der Waals surface area contributed by atoms with E-state index in [-0.39, 0.29) is 5.41 Å². The molecule has 0 N–H and O–H groups in total. The zero-order valence-electron chi connectivity index (χ0n) is 15.8. The zero-order chi connectivity index (χ0) is 18.9. The van der Waals surface area contributed by atoms with Crippen molar-refractivity contribution < 1.29 is 8.42 Å². The van der Waals surface area contributed by atoms with E-state index in [4.69, 9.17) is 0 Å². The number of piperidine rings is 2. The van der Waals surface area contributed by atoms with E-state index in [1.807, 2.05) is 36.7 Å². The molecule has 7 heteroatoms. The molecule has 2 fully saturated rings. The summed E-state index contributed by atoms with van der Waals surface area (Å²) in [6, 6.07) is 7.93. The Morgan fingerprint density at radius 1 is 1.15 bits per heavy atom. The fourth-order valence-corrected chi connectivity index (χ4v) is 7.75. The van der Waals surface area contributed by atoms with Crippen LogP contribution in [0.15, 0.2) is 40.1 Å². The molecule has 1 spiro atoms. The topological polar surface area (TPSA) is 53.5 Å². The Morgan fingerprint density at radius 2 is 1.96 bits per heavy atom. The standard InChI is InChI=1S/C20H27N3O2S2/c1-17-7-13-26-19(17)27(24,25)23-12-5-9-20(16-23)8-4-11-22(15-20)14-18-6-2-3-10-21-18/h2-3,6-7,10,13H,4-5,8-9,11-12,14-16H2,1H3. The van der Waals surface area contributed by atoms with Crippen LogP contribution >= 0.6 is 11.3 Å². The first-order chi connectivity index (χ1) is 13.0. The lowest BCUT2D eigenvalue weighted by Crippen LogP contribution is -2.53. The van der Waals surface area contributed by atoms with E-state index in [2.05, 4.69) is 16.0 Å². The van der Waals surface area contributed by atoms with Crippen molar-refractivity contribution in [2.24, 2.45) is 5.41 Å². The van der Waals surface area contributed by atoms with Gasteiger partial charge in [0.05, 0.1) is 5.69 Å². The van der Waals surface area contributed by atoms with Crippen molar-refractivity contribution in [3.63, 3.8) is 0 Å². The van der Waals surface area contributed by atoms with E-state index >= 15 is 0 Å². The van der Waals surface area contributed by atoms with E-state index < -0.39 is 10.0 Å². The van der Waals surface area contributed by atoms with Gasteiger partial charge >= 0.3 is 0 Å². The van der Waals surface area contributed by atoms with E-state index in [0.29, 0.717) is 17.3 Å². The van der Waals surface area contributed by atoms with Crippen LogP contribution in [0.2, 0.25) is 0 Å². The molecule has 4 heterocycles. The molecule has 2 saturated heterocycles. The summed E-state index contributed by atoms with van der Waals surface area (Å²) in [6.07, 6.45) is 6.13. The molecule has 27 heavy (non-hydrogen) atoms. The van der Waals surface area contributed by atoms with Crippen molar-refractivity contribution in [1.82, 2.24) is 14.2 Å². The van der Waals surface area contributed by atoms with Gasteiger partial charge in [-0.1, -0.05) is 6.07 Å². The lowest BCUT2D eigenvalue weighted by atomic mass is 9.74. The molecule has 5 nitrogen and oxygen atoms in total. The van der Waals surface area contributed by atoms with Crippen LogP contribution in [0.5, 0.6) is 0 Å². The van der Waals surface area contributed by atoms with Gasteiger partial charge in [-0.25, -0.2) is 8.42 Å². The minimum absolute atomic E-state index is 0.0729.